The van der Waals surface area contributed by atoms with Crippen molar-refractivity contribution in [3.05, 3.63) is 69.3 Å². The van der Waals surface area contributed by atoms with Crippen molar-refractivity contribution in [1.82, 2.24) is 5.32 Å². The Morgan fingerprint density at radius 2 is 1.87 bits per heavy atom. The molecule has 0 aromatic heterocycles. The van der Waals surface area contributed by atoms with Crippen LogP contribution in [0.25, 0.3) is 0 Å². The molecule has 2 aromatic carbocycles. The maximum atomic E-state index is 12.3. The lowest BCUT2D eigenvalue weighted by Crippen LogP contribution is -2.32. The van der Waals surface area contributed by atoms with Gasteiger partial charge in [0, 0.05) is 25.1 Å². The van der Waals surface area contributed by atoms with Crippen LogP contribution >= 0.6 is 0 Å². The monoisotopic (exact) mass is 433 g/mol. The van der Waals surface area contributed by atoms with Crippen LogP contribution in [0.15, 0.2) is 42.5 Å². The van der Waals surface area contributed by atoms with Gasteiger partial charge in [-0.3, -0.25) is 19.2 Å². The number of rotatable bonds is 9. The summed E-state index contributed by atoms with van der Waals surface area (Å²) in [6.07, 6.45) is 1.45. The molecule has 30 heavy (non-hydrogen) atoms. The number of aryl methyl sites for hydroxylation is 2. The van der Waals surface area contributed by atoms with Crippen molar-refractivity contribution >= 4 is 27.3 Å². The Balaban J connectivity index is 1.99. The van der Waals surface area contributed by atoms with Crippen LogP contribution in [-0.4, -0.2) is 32.0 Å². The number of hydrogen-bond donors (Lipinski definition) is 1. The number of hydrogen-bond acceptors (Lipinski definition) is 5. The molecule has 1 amide bonds. The topological polar surface area (TPSA) is 110 Å². The maximum absolute atomic E-state index is 12.3. The van der Waals surface area contributed by atoms with E-state index in [0.717, 1.165) is 21.7 Å². The number of nitro groups is 1. The molecule has 162 valence electrons. The third-order valence-corrected chi connectivity index (χ3v) is 6.10. The van der Waals surface area contributed by atoms with E-state index in [1.807, 2.05) is 39.0 Å². The molecule has 0 spiro atoms. The fourth-order valence-electron chi connectivity index (χ4n) is 3.06. The van der Waals surface area contributed by atoms with Gasteiger partial charge in [-0.2, -0.15) is 0 Å². The van der Waals surface area contributed by atoms with Crippen LogP contribution < -0.4 is 9.62 Å². The lowest BCUT2D eigenvalue weighted by Gasteiger charge is -2.22. The molecule has 2 aromatic rings. The average Bonchev–Trinajstić information content (AvgIpc) is 2.66. The zero-order valence-corrected chi connectivity index (χ0v) is 18.4. The Hall–Kier alpha value is -2.94. The van der Waals surface area contributed by atoms with Crippen LogP contribution in [0.4, 0.5) is 11.4 Å². The molecular formula is C21H27N3O5S. The van der Waals surface area contributed by atoms with Gasteiger partial charge in [0.25, 0.3) is 5.69 Å². The molecule has 0 aliphatic rings. The van der Waals surface area contributed by atoms with Crippen molar-refractivity contribution in [1.29, 1.82) is 0 Å². The second-order valence-electron chi connectivity index (χ2n) is 7.35. The van der Waals surface area contributed by atoms with Gasteiger partial charge < -0.3 is 5.32 Å². The zero-order chi connectivity index (χ0) is 22.5. The Morgan fingerprint density at radius 3 is 2.47 bits per heavy atom. The van der Waals surface area contributed by atoms with Gasteiger partial charge in [0.15, 0.2) is 0 Å². The van der Waals surface area contributed by atoms with Crippen molar-refractivity contribution < 1.29 is 18.1 Å². The predicted octanol–water partition coefficient (Wildman–Crippen LogP) is 3.64. The first kappa shape index (κ1) is 23.3. The second-order valence-corrected chi connectivity index (χ2v) is 9.26. The molecule has 0 saturated carbocycles. The van der Waals surface area contributed by atoms with E-state index in [9.17, 15) is 23.3 Å². The fraction of sp³-hybridized carbons (Fsp3) is 0.381. The van der Waals surface area contributed by atoms with Crippen LogP contribution in [-0.2, 0) is 14.8 Å². The van der Waals surface area contributed by atoms with E-state index in [1.165, 1.54) is 29.8 Å². The third-order valence-electron chi connectivity index (χ3n) is 4.90. The van der Waals surface area contributed by atoms with Gasteiger partial charge in [0.1, 0.15) is 0 Å². The number of amides is 1. The van der Waals surface area contributed by atoms with E-state index in [-0.39, 0.29) is 42.7 Å². The third kappa shape index (κ3) is 6.28. The predicted molar refractivity (Wildman–Crippen MR) is 117 cm³/mol. The Kier molecular flexibility index (Phi) is 7.55. The Morgan fingerprint density at radius 1 is 1.17 bits per heavy atom. The van der Waals surface area contributed by atoms with E-state index in [0.29, 0.717) is 0 Å². The summed E-state index contributed by atoms with van der Waals surface area (Å²) in [5.74, 6) is -0.187. The zero-order valence-electron chi connectivity index (χ0n) is 17.6. The van der Waals surface area contributed by atoms with Gasteiger partial charge in [0.2, 0.25) is 15.9 Å². The summed E-state index contributed by atoms with van der Waals surface area (Å²) in [7, 11) is -3.65. The number of carbonyl (C=O) groups excluding carboxylic acids is 1. The molecule has 0 aliphatic carbocycles. The standard InChI is InChI=1S/C21H27N3O5S/c1-15-10-11-18(13-16(15)2)17(3)22-21(25)9-6-12-23(30(4,28)29)19-7-5-8-20(14-19)24(26)27/h5,7-8,10-11,13-14,17H,6,9,12H2,1-4H3,(H,22,25)/t17-/m0/s1. The number of anilines is 1. The Bertz CT molecular complexity index is 1040. The van der Waals surface area contributed by atoms with Crippen LogP contribution in [0, 0.1) is 24.0 Å². The summed E-state index contributed by atoms with van der Waals surface area (Å²) < 4.78 is 25.4. The molecule has 2 rings (SSSR count). The highest BCUT2D eigenvalue weighted by Crippen LogP contribution is 2.23. The summed E-state index contributed by atoms with van der Waals surface area (Å²) >= 11 is 0. The van der Waals surface area contributed by atoms with Crippen LogP contribution in [0.3, 0.4) is 0 Å². The number of carbonyl (C=O) groups is 1. The highest BCUT2D eigenvalue weighted by Gasteiger charge is 2.20. The number of nitrogens with one attached hydrogen (secondary N) is 1. The minimum atomic E-state index is -3.65. The molecule has 1 N–H and O–H groups in total. The second kappa shape index (κ2) is 9.71. The fourth-order valence-corrected chi connectivity index (χ4v) is 4.02. The smallest absolute Gasteiger partial charge is 0.271 e. The van der Waals surface area contributed by atoms with Crippen molar-refractivity contribution in [3.63, 3.8) is 0 Å². The Labute approximate surface area is 177 Å². The lowest BCUT2D eigenvalue weighted by molar-refractivity contribution is -0.384. The van der Waals surface area contributed by atoms with Gasteiger partial charge >= 0.3 is 0 Å². The molecule has 8 nitrogen and oxygen atoms in total. The quantitative estimate of drug-likeness (QED) is 0.480. The summed E-state index contributed by atoms with van der Waals surface area (Å²) in [5.41, 5.74) is 3.34. The van der Waals surface area contributed by atoms with Gasteiger partial charge in [-0.05, 0) is 49.9 Å². The van der Waals surface area contributed by atoms with Crippen molar-refractivity contribution in [2.24, 2.45) is 0 Å². The molecule has 9 heteroatoms. The van der Waals surface area contributed by atoms with E-state index in [4.69, 9.17) is 0 Å². The SMILES string of the molecule is Cc1ccc([C@H](C)NC(=O)CCCN(c2cccc([N+](=O)[O-])c2)S(C)(=O)=O)cc1C. The van der Waals surface area contributed by atoms with Crippen LogP contribution in [0.1, 0.15) is 42.5 Å². The first-order chi connectivity index (χ1) is 14.0. The summed E-state index contributed by atoms with van der Waals surface area (Å²) in [6, 6.07) is 11.3. The molecule has 0 heterocycles. The number of non-ortho nitro benzene ring substituents is 1. The summed E-state index contributed by atoms with van der Waals surface area (Å²) in [6.45, 7) is 5.98. The molecule has 0 fully saturated rings. The molecular weight excluding hydrogens is 406 g/mol. The first-order valence-electron chi connectivity index (χ1n) is 9.57. The number of benzene rings is 2. The minimum absolute atomic E-state index is 0.0471. The molecule has 0 aliphatic heterocycles. The molecule has 1 atom stereocenters. The lowest BCUT2D eigenvalue weighted by atomic mass is 10.0. The normalized spacial score (nSPS) is 12.3. The van der Waals surface area contributed by atoms with Crippen molar-refractivity contribution in [3.8, 4) is 0 Å². The average molecular weight is 434 g/mol. The minimum Gasteiger partial charge on any atom is -0.350 e. The molecule has 0 unspecified atom stereocenters. The van der Waals surface area contributed by atoms with E-state index in [2.05, 4.69) is 5.32 Å². The highest BCUT2D eigenvalue weighted by atomic mass is 32.2. The largest absolute Gasteiger partial charge is 0.350 e. The summed E-state index contributed by atoms with van der Waals surface area (Å²) in [4.78, 5) is 22.7. The first-order valence-corrected chi connectivity index (χ1v) is 11.4. The highest BCUT2D eigenvalue weighted by molar-refractivity contribution is 7.92. The molecule has 0 bridgehead atoms. The maximum Gasteiger partial charge on any atom is 0.271 e. The van der Waals surface area contributed by atoms with Gasteiger partial charge in [-0.15, -0.1) is 0 Å². The number of nitrogens with zero attached hydrogens (tertiary/aromatic N) is 2. The van der Waals surface area contributed by atoms with E-state index in [1.54, 1.807) is 0 Å². The van der Waals surface area contributed by atoms with Crippen molar-refractivity contribution in [2.75, 3.05) is 17.1 Å². The van der Waals surface area contributed by atoms with Gasteiger partial charge in [-0.1, -0.05) is 24.3 Å². The molecule has 0 radical (unpaired) electrons. The van der Waals surface area contributed by atoms with Crippen LogP contribution in [0.2, 0.25) is 0 Å². The van der Waals surface area contributed by atoms with Gasteiger partial charge in [0.05, 0.1) is 22.9 Å². The van der Waals surface area contributed by atoms with Crippen molar-refractivity contribution in [2.45, 2.75) is 39.7 Å². The number of nitro benzene ring substituents is 1. The van der Waals surface area contributed by atoms with Gasteiger partial charge in [-0.25, -0.2) is 8.42 Å². The number of sulfonamides is 1. The van der Waals surface area contributed by atoms with Crippen LogP contribution in [0.5, 0.6) is 0 Å². The van der Waals surface area contributed by atoms with E-state index < -0.39 is 14.9 Å². The van der Waals surface area contributed by atoms with E-state index >= 15 is 0 Å². The summed E-state index contributed by atoms with van der Waals surface area (Å²) in [5, 5.41) is 13.9. The molecule has 0 saturated heterocycles.